The zero-order valence-corrected chi connectivity index (χ0v) is 15.8. The summed E-state index contributed by atoms with van der Waals surface area (Å²) in [5.74, 6) is 0.0307. The number of amides is 1. The van der Waals surface area contributed by atoms with Crippen molar-refractivity contribution in [2.24, 2.45) is 0 Å². The maximum Gasteiger partial charge on any atom is 0.226 e. The van der Waals surface area contributed by atoms with E-state index >= 15 is 0 Å². The molecule has 25 heavy (non-hydrogen) atoms. The molecule has 2 heterocycles. The van der Waals surface area contributed by atoms with E-state index in [1.807, 2.05) is 12.3 Å². The van der Waals surface area contributed by atoms with E-state index in [4.69, 9.17) is 0 Å². The minimum Gasteiger partial charge on any atom is -0.356 e. The summed E-state index contributed by atoms with van der Waals surface area (Å²) >= 11 is 1.61. The first-order valence-electron chi connectivity index (χ1n) is 8.85. The first-order valence-corrected chi connectivity index (χ1v) is 9.73. The Bertz CT molecular complexity index is 707. The Morgan fingerprint density at radius 3 is 2.84 bits per heavy atom. The van der Waals surface area contributed by atoms with Crippen molar-refractivity contribution in [3.8, 4) is 10.6 Å². The summed E-state index contributed by atoms with van der Waals surface area (Å²) in [6.45, 7) is 8.08. The predicted octanol–water partition coefficient (Wildman–Crippen LogP) is 2.24. The van der Waals surface area contributed by atoms with E-state index in [1.165, 1.54) is 5.56 Å². The first kappa shape index (κ1) is 18.0. The lowest BCUT2D eigenvalue weighted by atomic mass is 10.1. The third-order valence-electron chi connectivity index (χ3n) is 4.44. The zero-order chi connectivity index (χ0) is 17.6. The van der Waals surface area contributed by atoms with Crippen LogP contribution in [0.1, 0.15) is 18.2 Å². The Morgan fingerprint density at radius 2 is 2.08 bits per heavy atom. The molecule has 0 saturated carbocycles. The lowest BCUT2D eigenvalue weighted by molar-refractivity contribution is -0.120. The molecular formula is C19H26N4OS. The van der Waals surface area contributed by atoms with Gasteiger partial charge in [-0.25, -0.2) is 4.98 Å². The normalized spacial score (nSPS) is 16.1. The standard InChI is InChI=1S/C19H26N4OS/c1-3-20-18(24)12-17-14-25-19(21-17)16-6-4-5-15(11-16)13-23-9-7-22(2)8-10-23/h4-6,11,14H,3,7-10,12-13H2,1-2H3,(H,20,24). The summed E-state index contributed by atoms with van der Waals surface area (Å²) < 4.78 is 0. The highest BCUT2D eigenvalue weighted by Gasteiger charge is 2.14. The highest BCUT2D eigenvalue weighted by Crippen LogP contribution is 2.25. The quantitative estimate of drug-likeness (QED) is 0.860. The summed E-state index contributed by atoms with van der Waals surface area (Å²) in [6, 6.07) is 8.62. The number of likely N-dealkylation sites (N-methyl/N-ethyl adjacent to an activating group) is 2. The Kier molecular flexibility index (Phi) is 6.18. The van der Waals surface area contributed by atoms with Gasteiger partial charge in [0.25, 0.3) is 0 Å². The van der Waals surface area contributed by atoms with E-state index in [0.717, 1.165) is 49.0 Å². The molecule has 1 fully saturated rings. The molecule has 0 radical (unpaired) electrons. The molecule has 3 rings (SSSR count). The Labute approximate surface area is 153 Å². The van der Waals surface area contributed by atoms with Crippen molar-refractivity contribution >= 4 is 17.2 Å². The summed E-state index contributed by atoms with van der Waals surface area (Å²) in [4.78, 5) is 21.2. The topological polar surface area (TPSA) is 48.5 Å². The monoisotopic (exact) mass is 358 g/mol. The second kappa shape index (κ2) is 8.56. The minimum atomic E-state index is 0.0307. The van der Waals surface area contributed by atoms with Crippen molar-refractivity contribution in [2.75, 3.05) is 39.8 Å². The highest BCUT2D eigenvalue weighted by atomic mass is 32.1. The fourth-order valence-corrected chi connectivity index (χ4v) is 3.83. The van der Waals surface area contributed by atoms with Crippen LogP contribution in [0.2, 0.25) is 0 Å². The van der Waals surface area contributed by atoms with Gasteiger partial charge in [0.2, 0.25) is 5.91 Å². The maximum atomic E-state index is 11.7. The van der Waals surface area contributed by atoms with E-state index in [9.17, 15) is 4.79 Å². The largest absolute Gasteiger partial charge is 0.356 e. The third-order valence-corrected chi connectivity index (χ3v) is 5.38. The molecule has 2 aromatic rings. The maximum absolute atomic E-state index is 11.7. The number of aromatic nitrogens is 1. The van der Waals surface area contributed by atoms with Gasteiger partial charge in [-0.3, -0.25) is 9.69 Å². The van der Waals surface area contributed by atoms with Crippen molar-refractivity contribution in [3.63, 3.8) is 0 Å². The number of thiazole rings is 1. The molecule has 0 aliphatic carbocycles. The van der Waals surface area contributed by atoms with Crippen molar-refractivity contribution in [1.29, 1.82) is 0 Å². The van der Waals surface area contributed by atoms with Crippen LogP contribution in [0, 0.1) is 0 Å². The Hall–Kier alpha value is -1.76. The van der Waals surface area contributed by atoms with Crippen molar-refractivity contribution < 1.29 is 4.79 Å². The average molecular weight is 359 g/mol. The van der Waals surface area contributed by atoms with Gasteiger partial charge in [-0.05, 0) is 25.6 Å². The fourth-order valence-electron chi connectivity index (χ4n) is 3.01. The van der Waals surface area contributed by atoms with Gasteiger partial charge in [0, 0.05) is 50.2 Å². The van der Waals surface area contributed by atoms with Gasteiger partial charge in [0.15, 0.2) is 0 Å². The molecule has 1 amide bonds. The van der Waals surface area contributed by atoms with Crippen LogP contribution in [0.3, 0.4) is 0 Å². The van der Waals surface area contributed by atoms with Crippen LogP contribution >= 0.6 is 11.3 Å². The molecule has 1 N–H and O–H groups in total. The van der Waals surface area contributed by atoms with Crippen molar-refractivity contribution in [2.45, 2.75) is 19.9 Å². The van der Waals surface area contributed by atoms with Gasteiger partial charge >= 0.3 is 0 Å². The molecule has 1 saturated heterocycles. The number of piperazine rings is 1. The molecule has 1 aromatic carbocycles. The number of nitrogens with zero attached hydrogens (tertiary/aromatic N) is 3. The van der Waals surface area contributed by atoms with Gasteiger partial charge in [0.05, 0.1) is 12.1 Å². The summed E-state index contributed by atoms with van der Waals surface area (Å²) in [6.07, 6.45) is 0.353. The van der Waals surface area contributed by atoms with Gasteiger partial charge in [-0.2, -0.15) is 0 Å². The molecule has 1 aliphatic heterocycles. The van der Waals surface area contributed by atoms with Crippen LogP contribution in [0.15, 0.2) is 29.6 Å². The van der Waals surface area contributed by atoms with E-state index in [0.29, 0.717) is 13.0 Å². The molecule has 0 bridgehead atoms. The number of benzene rings is 1. The lowest BCUT2D eigenvalue weighted by Gasteiger charge is -2.32. The van der Waals surface area contributed by atoms with E-state index < -0.39 is 0 Å². The van der Waals surface area contributed by atoms with Crippen LogP contribution in [0.4, 0.5) is 0 Å². The van der Waals surface area contributed by atoms with Gasteiger partial charge in [0.1, 0.15) is 5.01 Å². The zero-order valence-electron chi connectivity index (χ0n) is 15.0. The van der Waals surface area contributed by atoms with Crippen LogP contribution in [0.5, 0.6) is 0 Å². The average Bonchev–Trinajstić information content (AvgIpc) is 3.06. The lowest BCUT2D eigenvalue weighted by Crippen LogP contribution is -2.43. The molecular weight excluding hydrogens is 332 g/mol. The molecule has 1 aromatic heterocycles. The number of carbonyl (C=O) groups is 1. The molecule has 0 unspecified atom stereocenters. The molecule has 134 valence electrons. The molecule has 6 heteroatoms. The van der Waals surface area contributed by atoms with Crippen molar-refractivity contribution in [1.82, 2.24) is 20.1 Å². The van der Waals surface area contributed by atoms with E-state index in [1.54, 1.807) is 11.3 Å². The molecule has 0 spiro atoms. The second-order valence-electron chi connectivity index (χ2n) is 6.55. The smallest absolute Gasteiger partial charge is 0.226 e. The summed E-state index contributed by atoms with van der Waals surface area (Å²) in [5.41, 5.74) is 3.30. The second-order valence-corrected chi connectivity index (χ2v) is 7.41. The van der Waals surface area contributed by atoms with Gasteiger partial charge in [-0.1, -0.05) is 18.2 Å². The molecule has 5 nitrogen and oxygen atoms in total. The fraction of sp³-hybridized carbons (Fsp3) is 0.474. The van der Waals surface area contributed by atoms with Crippen LogP contribution in [0.25, 0.3) is 10.6 Å². The number of nitrogens with one attached hydrogen (secondary N) is 1. The van der Waals surface area contributed by atoms with Crippen LogP contribution in [-0.2, 0) is 17.8 Å². The number of hydrogen-bond acceptors (Lipinski definition) is 5. The first-order chi connectivity index (χ1) is 12.1. The molecule has 1 aliphatic rings. The highest BCUT2D eigenvalue weighted by molar-refractivity contribution is 7.13. The predicted molar refractivity (Wildman–Crippen MR) is 103 cm³/mol. The Morgan fingerprint density at radius 1 is 1.28 bits per heavy atom. The minimum absolute atomic E-state index is 0.0307. The van der Waals surface area contributed by atoms with Crippen LogP contribution in [-0.4, -0.2) is 60.5 Å². The van der Waals surface area contributed by atoms with Crippen LogP contribution < -0.4 is 5.32 Å². The number of carbonyl (C=O) groups excluding carboxylic acids is 1. The SMILES string of the molecule is CCNC(=O)Cc1csc(-c2cccc(CN3CCN(C)CC3)c2)n1. The van der Waals surface area contributed by atoms with E-state index in [-0.39, 0.29) is 5.91 Å². The number of rotatable bonds is 6. The Balaban J connectivity index is 1.65. The summed E-state index contributed by atoms with van der Waals surface area (Å²) in [7, 11) is 2.18. The van der Waals surface area contributed by atoms with Crippen molar-refractivity contribution in [3.05, 3.63) is 40.9 Å². The molecule has 0 atom stereocenters. The van der Waals surface area contributed by atoms with Gasteiger partial charge < -0.3 is 10.2 Å². The summed E-state index contributed by atoms with van der Waals surface area (Å²) in [5, 5.41) is 5.79. The van der Waals surface area contributed by atoms with Gasteiger partial charge in [-0.15, -0.1) is 11.3 Å². The van der Waals surface area contributed by atoms with E-state index in [2.05, 4.69) is 51.4 Å². The third kappa shape index (κ3) is 5.11. The number of hydrogen-bond donors (Lipinski definition) is 1.